The highest BCUT2D eigenvalue weighted by Crippen LogP contribution is 2.53. The molecule has 1 aromatic heterocycles. The Morgan fingerprint density at radius 2 is 1.81 bits per heavy atom. The van der Waals surface area contributed by atoms with Crippen LogP contribution >= 0.6 is 0 Å². The summed E-state index contributed by atoms with van der Waals surface area (Å²) in [6.07, 6.45) is 1.72. The fraction of sp³-hybridized carbons (Fsp3) is 0.476. The van der Waals surface area contributed by atoms with Crippen LogP contribution in [0, 0.1) is 17.8 Å². The molecule has 1 amide bonds. The zero-order valence-electron chi connectivity index (χ0n) is 14.8. The Morgan fingerprint density at radius 1 is 1.04 bits per heavy atom. The molecule has 5 heteroatoms. The molecular weight excluding hydrogens is 328 g/mol. The summed E-state index contributed by atoms with van der Waals surface area (Å²) >= 11 is 0. The lowest BCUT2D eigenvalue weighted by molar-refractivity contribution is -0.137. The zero-order valence-corrected chi connectivity index (χ0v) is 14.8. The molecule has 2 saturated heterocycles. The van der Waals surface area contributed by atoms with E-state index in [1.165, 1.54) is 11.1 Å². The van der Waals surface area contributed by atoms with Gasteiger partial charge in [-0.2, -0.15) is 0 Å². The maximum Gasteiger partial charge on any atom is 0.226 e. The van der Waals surface area contributed by atoms with Crippen LogP contribution in [-0.4, -0.2) is 55.1 Å². The average Bonchev–Trinajstić information content (AvgIpc) is 3.07. The molecule has 2 aliphatic heterocycles. The number of carbonyl (C=O) groups excluding carboxylic acids is 1. The molecule has 3 aliphatic rings. The van der Waals surface area contributed by atoms with E-state index in [1.807, 2.05) is 17.0 Å². The Balaban J connectivity index is 1.22. The molecule has 0 radical (unpaired) electrons. The Morgan fingerprint density at radius 3 is 2.54 bits per heavy atom. The number of morpholine rings is 1. The summed E-state index contributed by atoms with van der Waals surface area (Å²) in [4.78, 5) is 17.2. The van der Waals surface area contributed by atoms with Crippen molar-refractivity contribution < 1.29 is 13.9 Å². The topological polar surface area (TPSA) is 45.9 Å². The number of hydrogen-bond donors (Lipinski definition) is 0. The van der Waals surface area contributed by atoms with Crippen LogP contribution in [0.15, 0.2) is 47.1 Å². The molecule has 2 aromatic rings. The van der Waals surface area contributed by atoms with Crippen LogP contribution in [0.5, 0.6) is 0 Å². The molecule has 2 unspecified atom stereocenters. The van der Waals surface area contributed by atoms with Gasteiger partial charge in [-0.05, 0) is 29.5 Å². The molecular formula is C21H24N2O3. The number of fused-ring (bicyclic) bond motifs is 1. The molecule has 0 N–H and O–H groups in total. The van der Waals surface area contributed by atoms with E-state index in [-0.39, 0.29) is 5.92 Å². The summed E-state index contributed by atoms with van der Waals surface area (Å²) in [6, 6.07) is 12.4. The van der Waals surface area contributed by atoms with Gasteiger partial charge >= 0.3 is 0 Å². The minimum absolute atomic E-state index is 0.254. The first kappa shape index (κ1) is 16.1. The van der Waals surface area contributed by atoms with Gasteiger partial charge in [0.15, 0.2) is 0 Å². The molecule has 0 bridgehead atoms. The molecule has 1 aromatic carbocycles. The maximum absolute atomic E-state index is 12.7. The third-order valence-electron chi connectivity index (χ3n) is 6.08. The first-order valence-electron chi connectivity index (χ1n) is 9.52. The van der Waals surface area contributed by atoms with Crippen molar-refractivity contribution >= 4 is 5.91 Å². The van der Waals surface area contributed by atoms with Crippen LogP contribution in [0.1, 0.15) is 5.56 Å². The lowest BCUT2D eigenvalue weighted by atomic mass is 10.0. The van der Waals surface area contributed by atoms with Gasteiger partial charge in [0.2, 0.25) is 5.91 Å². The van der Waals surface area contributed by atoms with E-state index in [0.29, 0.717) is 31.0 Å². The van der Waals surface area contributed by atoms with Crippen LogP contribution in [0.3, 0.4) is 0 Å². The summed E-state index contributed by atoms with van der Waals surface area (Å²) in [5.41, 5.74) is 2.46. The first-order valence-corrected chi connectivity index (χ1v) is 9.52. The molecule has 5 rings (SSSR count). The summed E-state index contributed by atoms with van der Waals surface area (Å²) in [6.45, 7) is 5.86. The number of piperidine rings is 1. The van der Waals surface area contributed by atoms with Gasteiger partial charge in [0.05, 0.1) is 19.5 Å². The minimum atomic E-state index is 0.254. The fourth-order valence-corrected chi connectivity index (χ4v) is 4.67. The molecule has 3 fully saturated rings. The van der Waals surface area contributed by atoms with Gasteiger partial charge in [0, 0.05) is 44.2 Å². The van der Waals surface area contributed by atoms with Crippen LogP contribution in [0.2, 0.25) is 0 Å². The molecule has 136 valence electrons. The number of furan rings is 1. The fourth-order valence-electron chi connectivity index (χ4n) is 4.67. The molecule has 5 nitrogen and oxygen atoms in total. The Hall–Kier alpha value is -2.11. The third-order valence-corrected chi connectivity index (χ3v) is 6.08. The standard InChI is InChI=1S/C21H24N2O3/c24-21(23-7-10-25-11-8-23)20-17-13-22(14-18(17)20)12-15-4-1-2-5-16(15)19-6-3-9-26-19/h1-6,9,17-18,20H,7-8,10-14H2. The smallest absolute Gasteiger partial charge is 0.226 e. The number of hydrogen-bond acceptors (Lipinski definition) is 4. The number of amides is 1. The minimum Gasteiger partial charge on any atom is -0.464 e. The van der Waals surface area contributed by atoms with E-state index in [9.17, 15) is 4.79 Å². The largest absolute Gasteiger partial charge is 0.464 e. The molecule has 3 heterocycles. The summed E-state index contributed by atoms with van der Waals surface area (Å²) < 4.78 is 11.0. The van der Waals surface area contributed by atoms with Crippen molar-refractivity contribution in [2.24, 2.45) is 17.8 Å². The average molecular weight is 352 g/mol. The van der Waals surface area contributed by atoms with Gasteiger partial charge in [-0.15, -0.1) is 0 Å². The van der Waals surface area contributed by atoms with Crippen molar-refractivity contribution in [2.75, 3.05) is 39.4 Å². The van der Waals surface area contributed by atoms with Crippen molar-refractivity contribution in [3.63, 3.8) is 0 Å². The van der Waals surface area contributed by atoms with E-state index in [0.717, 1.165) is 38.5 Å². The number of likely N-dealkylation sites (tertiary alicyclic amines) is 1. The Labute approximate surface area is 153 Å². The number of nitrogens with zero attached hydrogens (tertiary/aromatic N) is 2. The van der Waals surface area contributed by atoms with E-state index < -0.39 is 0 Å². The van der Waals surface area contributed by atoms with Crippen molar-refractivity contribution in [2.45, 2.75) is 6.54 Å². The van der Waals surface area contributed by atoms with Gasteiger partial charge in [-0.1, -0.05) is 24.3 Å². The number of ether oxygens (including phenoxy) is 1. The quantitative estimate of drug-likeness (QED) is 0.848. The van der Waals surface area contributed by atoms with Crippen LogP contribution in [0.25, 0.3) is 11.3 Å². The monoisotopic (exact) mass is 352 g/mol. The Bertz CT molecular complexity index is 770. The van der Waals surface area contributed by atoms with Crippen LogP contribution < -0.4 is 0 Å². The summed E-state index contributed by atoms with van der Waals surface area (Å²) in [5.74, 6) is 2.62. The summed E-state index contributed by atoms with van der Waals surface area (Å²) in [7, 11) is 0. The highest BCUT2D eigenvalue weighted by molar-refractivity contribution is 5.82. The second-order valence-corrected chi connectivity index (χ2v) is 7.62. The molecule has 1 saturated carbocycles. The van der Waals surface area contributed by atoms with Crippen LogP contribution in [0.4, 0.5) is 0 Å². The molecule has 2 atom stereocenters. The van der Waals surface area contributed by atoms with Crippen LogP contribution in [-0.2, 0) is 16.1 Å². The zero-order chi connectivity index (χ0) is 17.5. The molecule has 26 heavy (non-hydrogen) atoms. The lowest BCUT2D eigenvalue weighted by Crippen LogP contribution is -2.43. The van der Waals surface area contributed by atoms with Gasteiger partial charge in [-0.3, -0.25) is 9.69 Å². The second kappa shape index (κ2) is 6.56. The molecule has 1 aliphatic carbocycles. The van der Waals surface area contributed by atoms with Gasteiger partial charge in [0.1, 0.15) is 5.76 Å². The lowest BCUT2D eigenvalue weighted by Gasteiger charge is -2.28. The second-order valence-electron chi connectivity index (χ2n) is 7.62. The molecule has 0 spiro atoms. The van der Waals surface area contributed by atoms with E-state index >= 15 is 0 Å². The highest BCUT2D eigenvalue weighted by Gasteiger charge is 2.60. The van der Waals surface area contributed by atoms with Gasteiger partial charge in [0.25, 0.3) is 0 Å². The predicted octanol–water partition coefficient (Wildman–Crippen LogP) is 2.48. The van der Waals surface area contributed by atoms with Crippen molar-refractivity contribution in [3.8, 4) is 11.3 Å². The van der Waals surface area contributed by atoms with Crippen molar-refractivity contribution in [3.05, 3.63) is 48.2 Å². The first-order chi connectivity index (χ1) is 12.8. The van der Waals surface area contributed by atoms with E-state index in [2.05, 4.69) is 29.2 Å². The predicted molar refractivity (Wildman–Crippen MR) is 97.3 cm³/mol. The normalized spacial score (nSPS) is 28.2. The van der Waals surface area contributed by atoms with Crippen molar-refractivity contribution in [1.82, 2.24) is 9.80 Å². The van der Waals surface area contributed by atoms with Crippen molar-refractivity contribution in [1.29, 1.82) is 0 Å². The summed E-state index contributed by atoms with van der Waals surface area (Å²) in [5, 5.41) is 0. The van der Waals surface area contributed by atoms with E-state index in [1.54, 1.807) is 6.26 Å². The van der Waals surface area contributed by atoms with E-state index in [4.69, 9.17) is 9.15 Å². The number of rotatable bonds is 4. The maximum atomic E-state index is 12.7. The van der Waals surface area contributed by atoms with Gasteiger partial charge in [-0.25, -0.2) is 0 Å². The SMILES string of the molecule is O=C(C1C2CN(Cc3ccccc3-c3ccco3)CC21)N1CCOCC1. The number of carbonyl (C=O) groups is 1. The highest BCUT2D eigenvalue weighted by atomic mass is 16.5. The van der Waals surface area contributed by atoms with Gasteiger partial charge < -0.3 is 14.1 Å². The number of benzene rings is 1. The Kier molecular flexibility index (Phi) is 4.06. The third kappa shape index (κ3) is 2.85.